The predicted octanol–water partition coefficient (Wildman–Crippen LogP) is 1.64. The molecule has 2 aromatic rings. The van der Waals surface area contributed by atoms with Gasteiger partial charge in [-0.2, -0.15) is 5.10 Å². The second-order valence-corrected chi connectivity index (χ2v) is 4.47. The van der Waals surface area contributed by atoms with Crippen LogP contribution in [0.25, 0.3) is 0 Å². The Hall–Kier alpha value is -3.09. The number of carbonyl (C=O) groups excluding carboxylic acids is 1. The van der Waals surface area contributed by atoms with Crippen LogP contribution in [0.2, 0.25) is 0 Å². The summed E-state index contributed by atoms with van der Waals surface area (Å²) in [6.45, 7) is 0. The van der Waals surface area contributed by atoms with Crippen molar-refractivity contribution in [3.05, 3.63) is 53.3 Å². The van der Waals surface area contributed by atoms with E-state index in [4.69, 9.17) is 0 Å². The third kappa shape index (κ3) is 3.72. The highest BCUT2D eigenvalue weighted by molar-refractivity contribution is 5.87. The van der Waals surface area contributed by atoms with Gasteiger partial charge in [0.25, 0.3) is 0 Å². The summed E-state index contributed by atoms with van der Waals surface area (Å²) in [6, 6.07) is 7.98. The number of hydrogen-bond acceptors (Lipinski definition) is 5. The lowest BCUT2D eigenvalue weighted by Crippen LogP contribution is -2.19. The number of halogens is 1. The van der Waals surface area contributed by atoms with Gasteiger partial charge in [0.15, 0.2) is 11.5 Å². The smallest absolute Gasteiger partial charge is 0.244 e. The summed E-state index contributed by atoms with van der Waals surface area (Å²) in [5.74, 6) is -2.48. The molecule has 0 fully saturated rings. The first-order valence-electron chi connectivity index (χ1n) is 6.27. The Labute approximate surface area is 125 Å². The van der Waals surface area contributed by atoms with E-state index in [9.17, 15) is 24.5 Å². The average Bonchev–Trinajstić information content (AvgIpc) is 2.49. The van der Waals surface area contributed by atoms with Crippen molar-refractivity contribution < 1.29 is 24.5 Å². The van der Waals surface area contributed by atoms with E-state index in [1.807, 2.05) is 0 Å². The number of phenols is 3. The molecule has 6 nitrogen and oxygen atoms in total. The van der Waals surface area contributed by atoms with Gasteiger partial charge in [-0.1, -0.05) is 12.1 Å². The fourth-order valence-electron chi connectivity index (χ4n) is 1.69. The van der Waals surface area contributed by atoms with Crippen LogP contribution in [0, 0.1) is 5.82 Å². The van der Waals surface area contributed by atoms with Crippen LogP contribution in [-0.2, 0) is 11.2 Å². The maximum Gasteiger partial charge on any atom is 0.244 e. The molecule has 4 N–H and O–H groups in total. The molecule has 0 aliphatic rings. The molecule has 0 atom stereocenters. The Morgan fingerprint density at radius 1 is 1.09 bits per heavy atom. The molecule has 7 heteroatoms. The van der Waals surface area contributed by atoms with Gasteiger partial charge in [0.05, 0.1) is 12.6 Å². The van der Waals surface area contributed by atoms with E-state index >= 15 is 0 Å². The topological polar surface area (TPSA) is 102 Å². The van der Waals surface area contributed by atoms with Crippen molar-refractivity contribution in [1.29, 1.82) is 0 Å². The molecule has 0 saturated carbocycles. The number of amides is 1. The Bertz CT molecular complexity index is 714. The quantitative estimate of drug-likeness (QED) is 0.392. The van der Waals surface area contributed by atoms with E-state index in [-0.39, 0.29) is 17.8 Å². The maximum absolute atomic E-state index is 12.7. The van der Waals surface area contributed by atoms with Gasteiger partial charge in [0.2, 0.25) is 11.7 Å². The van der Waals surface area contributed by atoms with Crippen LogP contribution < -0.4 is 5.43 Å². The minimum Gasteiger partial charge on any atom is -0.504 e. The highest BCUT2D eigenvalue weighted by Gasteiger charge is 2.09. The molecule has 0 bridgehead atoms. The third-order valence-electron chi connectivity index (χ3n) is 2.83. The summed E-state index contributed by atoms with van der Waals surface area (Å²) in [7, 11) is 0. The molecule has 0 unspecified atom stereocenters. The predicted molar refractivity (Wildman–Crippen MR) is 77.3 cm³/mol. The number of nitrogens with one attached hydrogen (secondary N) is 1. The first-order chi connectivity index (χ1) is 10.5. The third-order valence-corrected chi connectivity index (χ3v) is 2.83. The second kappa shape index (κ2) is 6.57. The minimum absolute atomic E-state index is 0.0183. The van der Waals surface area contributed by atoms with Gasteiger partial charge in [-0.15, -0.1) is 0 Å². The molecule has 0 aromatic heterocycles. The number of hydrazone groups is 1. The van der Waals surface area contributed by atoms with Gasteiger partial charge in [0.1, 0.15) is 5.82 Å². The lowest BCUT2D eigenvalue weighted by molar-refractivity contribution is -0.120. The van der Waals surface area contributed by atoms with Crippen LogP contribution in [-0.4, -0.2) is 27.4 Å². The molecular weight excluding hydrogens is 291 g/mol. The maximum atomic E-state index is 12.7. The minimum atomic E-state index is -0.665. The lowest BCUT2D eigenvalue weighted by Gasteiger charge is -2.03. The SMILES string of the molecule is O=C(Cc1ccc(F)cc1)N/N=C/c1ccc(O)c(O)c1O. The van der Waals surface area contributed by atoms with E-state index in [0.717, 1.165) is 6.21 Å². The number of aromatic hydroxyl groups is 3. The highest BCUT2D eigenvalue weighted by atomic mass is 19.1. The lowest BCUT2D eigenvalue weighted by atomic mass is 10.1. The van der Waals surface area contributed by atoms with E-state index in [2.05, 4.69) is 10.5 Å². The molecule has 0 spiro atoms. The van der Waals surface area contributed by atoms with Crippen molar-refractivity contribution in [2.45, 2.75) is 6.42 Å². The van der Waals surface area contributed by atoms with E-state index < -0.39 is 23.2 Å². The Morgan fingerprint density at radius 3 is 2.45 bits per heavy atom. The normalized spacial score (nSPS) is 10.8. The largest absolute Gasteiger partial charge is 0.504 e. The first kappa shape index (κ1) is 15.3. The summed E-state index contributed by atoms with van der Waals surface area (Å²) >= 11 is 0. The number of rotatable bonds is 4. The van der Waals surface area contributed by atoms with Gasteiger partial charge in [-0.25, -0.2) is 9.82 Å². The molecular formula is C15H13FN2O4. The van der Waals surface area contributed by atoms with Gasteiger partial charge in [-0.3, -0.25) is 4.79 Å². The van der Waals surface area contributed by atoms with Crippen molar-refractivity contribution in [1.82, 2.24) is 5.43 Å². The first-order valence-corrected chi connectivity index (χ1v) is 6.27. The summed E-state index contributed by atoms with van der Waals surface area (Å²) in [5.41, 5.74) is 2.98. The molecule has 2 rings (SSSR count). The van der Waals surface area contributed by atoms with Crippen LogP contribution in [0.4, 0.5) is 4.39 Å². The van der Waals surface area contributed by atoms with E-state index in [1.54, 1.807) is 0 Å². The van der Waals surface area contributed by atoms with E-state index in [1.165, 1.54) is 36.4 Å². The second-order valence-electron chi connectivity index (χ2n) is 4.47. The standard InChI is InChI=1S/C15H13FN2O4/c16-11-4-1-9(2-5-11)7-13(20)18-17-8-10-3-6-12(19)15(22)14(10)21/h1-6,8,19,21-22H,7H2,(H,18,20)/b17-8+. The molecule has 0 saturated heterocycles. The molecule has 2 aromatic carbocycles. The zero-order chi connectivity index (χ0) is 16.1. The van der Waals surface area contributed by atoms with Crippen LogP contribution in [0.15, 0.2) is 41.5 Å². The Kier molecular flexibility index (Phi) is 4.57. The summed E-state index contributed by atoms with van der Waals surface area (Å²) < 4.78 is 12.7. The Balaban J connectivity index is 1.96. The number of carbonyl (C=O) groups is 1. The van der Waals surface area contributed by atoms with Crippen molar-refractivity contribution >= 4 is 12.1 Å². The Morgan fingerprint density at radius 2 is 1.77 bits per heavy atom. The molecule has 0 aliphatic heterocycles. The molecule has 1 amide bonds. The van der Waals surface area contributed by atoms with Crippen LogP contribution in [0.1, 0.15) is 11.1 Å². The summed E-state index contributed by atoms with van der Waals surface area (Å²) in [4.78, 5) is 11.6. The summed E-state index contributed by atoms with van der Waals surface area (Å²) in [5, 5.41) is 31.7. The molecule has 0 radical (unpaired) electrons. The van der Waals surface area contributed by atoms with Crippen molar-refractivity contribution in [2.24, 2.45) is 5.10 Å². The van der Waals surface area contributed by atoms with Crippen LogP contribution in [0.5, 0.6) is 17.2 Å². The highest BCUT2D eigenvalue weighted by Crippen LogP contribution is 2.36. The zero-order valence-electron chi connectivity index (χ0n) is 11.3. The van der Waals surface area contributed by atoms with Gasteiger partial charge >= 0.3 is 0 Å². The van der Waals surface area contributed by atoms with E-state index in [0.29, 0.717) is 5.56 Å². The molecule has 114 valence electrons. The van der Waals surface area contributed by atoms with Gasteiger partial charge in [-0.05, 0) is 29.8 Å². The van der Waals surface area contributed by atoms with Gasteiger partial charge in [0, 0.05) is 5.56 Å². The number of hydrogen-bond donors (Lipinski definition) is 4. The molecule has 0 aliphatic carbocycles. The van der Waals surface area contributed by atoms with Crippen molar-refractivity contribution in [2.75, 3.05) is 0 Å². The zero-order valence-corrected chi connectivity index (χ0v) is 11.3. The monoisotopic (exact) mass is 304 g/mol. The van der Waals surface area contributed by atoms with Gasteiger partial charge < -0.3 is 15.3 Å². The summed E-state index contributed by atoms with van der Waals surface area (Å²) in [6.07, 6.45) is 1.14. The average molecular weight is 304 g/mol. The molecule has 0 heterocycles. The fourth-order valence-corrected chi connectivity index (χ4v) is 1.69. The van der Waals surface area contributed by atoms with Crippen molar-refractivity contribution in [3.8, 4) is 17.2 Å². The van der Waals surface area contributed by atoms with Crippen molar-refractivity contribution in [3.63, 3.8) is 0 Å². The van der Waals surface area contributed by atoms with Crippen LogP contribution in [0.3, 0.4) is 0 Å². The molecule has 22 heavy (non-hydrogen) atoms. The number of nitrogens with zero attached hydrogens (tertiary/aromatic N) is 1. The number of benzene rings is 2. The van der Waals surface area contributed by atoms with Crippen LogP contribution >= 0.6 is 0 Å². The fraction of sp³-hybridized carbons (Fsp3) is 0.0667. The number of phenolic OH excluding ortho intramolecular Hbond substituents is 3.